The number of aliphatic carboxylic acids is 1. The lowest BCUT2D eigenvalue weighted by atomic mass is 9.93. The number of hydrogen-bond acceptors (Lipinski definition) is 2. The Balaban J connectivity index is 4.04. The van der Waals surface area contributed by atoms with Crippen molar-refractivity contribution in [3.63, 3.8) is 0 Å². The monoisotopic (exact) mass is 187 g/mol. The summed E-state index contributed by atoms with van der Waals surface area (Å²) in [5.41, 5.74) is -0.649. The van der Waals surface area contributed by atoms with Crippen molar-refractivity contribution in [2.24, 2.45) is 11.3 Å². The number of hydrogen-bond donors (Lipinski definition) is 1. The third-order valence-electron chi connectivity index (χ3n) is 1.92. The van der Waals surface area contributed by atoms with E-state index in [-0.39, 0.29) is 0 Å². The molecule has 78 valence electrons. The average molecular weight is 187 g/mol. The van der Waals surface area contributed by atoms with Crippen LogP contribution in [0.4, 0.5) is 0 Å². The van der Waals surface area contributed by atoms with E-state index >= 15 is 0 Å². The van der Waals surface area contributed by atoms with Crippen LogP contribution in [-0.2, 0) is 4.79 Å². The van der Waals surface area contributed by atoms with Gasteiger partial charge in [0.1, 0.15) is 0 Å². The van der Waals surface area contributed by atoms with Crippen LogP contribution in [0.25, 0.3) is 0 Å². The highest BCUT2D eigenvalue weighted by molar-refractivity contribution is 5.73. The van der Waals surface area contributed by atoms with Crippen molar-refractivity contribution in [3.05, 3.63) is 0 Å². The van der Waals surface area contributed by atoms with Crippen LogP contribution in [0.5, 0.6) is 0 Å². The minimum absolute atomic E-state index is 0.578. The molecule has 0 aliphatic heterocycles. The van der Waals surface area contributed by atoms with Gasteiger partial charge in [-0.1, -0.05) is 13.8 Å². The van der Waals surface area contributed by atoms with Crippen LogP contribution in [0, 0.1) is 11.3 Å². The second-order valence-corrected chi connectivity index (χ2v) is 4.78. The fourth-order valence-electron chi connectivity index (χ4n) is 1.43. The summed E-state index contributed by atoms with van der Waals surface area (Å²) in [5, 5.41) is 8.90. The maximum atomic E-state index is 10.8. The van der Waals surface area contributed by atoms with Gasteiger partial charge in [-0.25, -0.2) is 0 Å². The zero-order chi connectivity index (χ0) is 10.6. The highest BCUT2D eigenvalue weighted by Gasteiger charge is 2.28. The van der Waals surface area contributed by atoms with E-state index < -0.39 is 11.4 Å². The number of carboxylic acid groups (broad SMARTS) is 1. The van der Waals surface area contributed by atoms with E-state index in [2.05, 4.69) is 18.7 Å². The summed E-state index contributed by atoms with van der Waals surface area (Å²) in [5.74, 6) is -0.155. The SMILES string of the molecule is CC(C)CN(C)CC(C)(C)C(=O)O. The van der Waals surface area contributed by atoms with Gasteiger partial charge in [0.25, 0.3) is 0 Å². The molecule has 0 aromatic rings. The molecule has 0 radical (unpaired) electrons. The predicted molar refractivity (Wildman–Crippen MR) is 53.8 cm³/mol. The maximum absolute atomic E-state index is 10.8. The first-order valence-electron chi connectivity index (χ1n) is 4.67. The van der Waals surface area contributed by atoms with Gasteiger partial charge in [-0.2, -0.15) is 0 Å². The second-order valence-electron chi connectivity index (χ2n) is 4.78. The van der Waals surface area contributed by atoms with Crippen LogP contribution >= 0.6 is 0 Å². The van der Waals surface area contributed by atoms with Crippen molar-refractivity contribution in [2.75, 3.05) is 20.1 Å². The summed E-state index contributed by atoms with van der Waals surface area (Å²) in [6.07, 6.45) is 0. The zero-order valence-electron chi connectivity index (χ0n) is 9.29. The molecule has 0 fully saturated rings. The van der Waals surface area contributed by atoms with Gasteiger partial charge in [0.2, 0.25) is 0 Å². The fraction of sp³-hybridized carbons (Fsp3) is 0.900. The van der Waals surface area contributed by atoms with E-state index in [0.29, 0.717) is 12.5 Å². The molecule has 0 rings (SSSR count). The molecule has 0 saturated heterocycles. The van der Waals surface area contributed by atoms with E-state index in [1.165, 1.54) is 0 Å². The van der Waals surface area contributed by atoms with E-state index in [0.717, 1.165) is 6.54 Å². The Bertz CT molecular complexity index is 176. The molecule has 3 nitrogen and oxygen atoms in total. The molecule has 0 aliphatic carbocycles. The van der Waals surface area contributed by atoms with E-state index in [1.54, 1.807) is 13.8 Å². The minimum Gasteiger partial charge on any atom is -0.481 e. The van der Waals surface area contributed by atoms with Crippen molar-refractivity contribution < 1.29 is 9.90 Å². The summed E-state index contributed by atoms with van der Waals surface area (Å²) >= 11 is 0. The smallest absolute Gasteiger partial charge is 0.310 e. The molecule has 0 bridgehead atoms. The molecular weight excluding hydrogens is 166 g/mol. The van der Waals surface area contributed by atoms with Crippen molar-refractivity contribution in [1.82, 2.24) is 4.90 Å². The molecular formula is C10H21NO2. The van der Waals surface area contributed by atoms with Gasteiger partial charge in [0, 0.05) is 13.1 Å². The first kappa shape index (κ1) is 12.4. The van der Waals surface area contributed by atoms with Crippen LogP contribution < -0.4 is 0 Å². The molecule has 0 aliphatic rings. The van der Waals surface area contributed by atoms with Gasteiger partial charge in [-0.15, -0.1) is 0 Å². The third-order valence-corrected chi connectivity index (χ3v) is 1.92. The Morgan fingerprint density at radius 1 is 1.46 bits per heavy atom. The Hall–Kier alpha value is -0.570. The first-order chi connectivity index (χ1) is 5.75. The normalized spacial score (nSPS) is 12.5. The summed E-state index contributed by atoms with van der Waals surface area (Å²) in [4.78, 5) is 12.9. The van der Waals surface area contributed by atoms with Gasteiger partial charge >= 0.3 is 5.97 Å². The van der Waals surface area contributed by atoms with E-state index in [9.17, 15) is 4.79 Å². The quantitative estimate of drug-likeness (QED) is 0.712. The highest BCUT2D eigenvalue weighted by Crippen LogP contribution is 2.16. The summed E-state index contributed by atoms with van der Waals surface area (Å²) < 4.78 is 0. The fourth-order valence-corrected chi connectivity index (χ4v) is 1.43. The molecule has 0 aromatic carbocycles. The van der Waals surface area contributed by atoms with Gasteiger partial charge in [0.15, 0.2) is 0 Å². The molecule has 13 heavy (non-hydrogen) atoms. The zero-order valence-corrected chi connectivity index (χ0v) is 9.29. The van der Waals surface area contributed by atoms with Crippen LogP contribution in [0.1, 0.15) is 27.7 Å². The van der Waals surface area contributed by atoms with Crippen molar-refractivity contribution in [2.45, 2.75) is 27.7 Å². The molecule has 0 spiro atoms. The van der Waals surface area contributed by atoms with E-state index in [1.807, 2.05) is 7.05 Å². The standard InChI is InChI=1S/C10H21NO2/c1-8(2)6-11(5)7-10(3,4)9(12)13/h8H,6-7H2,1-5H3,(H,12,13). The molecule has 3 heteroatoms. The summed E-state index contributed by atoms with van der Waals surface area (Å²) in [6, 6.07) is 0. The molecule has 0 unspecified atom stereocenters. The van der Waals surface area contributed by atoms with Gasteiger partial charge < -0.3 is 10.0 Å². The molecule has 1 N–H and O–H groups in total. The van der Waals surface area contributed by atoms with Crippen molar-refractivity contribution >= 4 is 5.97 Å². The topological polar surface area (TPSA) is 40.5 Å². The number of nitrogens with zero attached hydrogens (tertiary/aromatic N) is 1. The molecule has 0 atom stereocenters. The molecule has 0 saturated carbocycles. The van der Waals surface area contributed by atoms with Crippen LogP contribution in [-0.4, -0.2) is 36.1 Å². The molecule has 0 amide bonds. The third kappa shape index (κ3) is 4.88. The first-order valence-corrected chi connectivity index (χ1v) is 4.67. The van der Waals surface area contributed by atoms with Crippen molar-refractivity contribution in [3.8, 4) is 0 Å². The summed E-state index contributed by atoms with van der Waals surface area (Å²) in [7, 11) is 1.96. The minimum atomic E-state index is -0.733. The Morgan fingerprint density at radius 2 is 1.92 bits per heavy atom. The molecule has 0 heterocycles. The second kappa shape index (κ2) is 4.61. The van der Waals surface area contributed by atoms with Crippen LogP contribution in [0.15, 0.2) is 0 Å². The Labute approximate surface area is 80.7 Å². The predicted octanol–water partition coefficient (Wildman–Crippen LogP) is 1.69. The van der Waals surface area contributed by atoms with Gasteiger partial charge in [-0.05, 0) is 26.8 Å². The van der Waals surface area contributed by atoms with Crippen LogP contribution in [0.3, 0.4) is 0 Å². The van der Waals surface area contributed by atoms with E-state index in [4.69, 9.17) is 5.11 Å². The lowest BCUT2D eigenvalue weighted by Gasteiger charge is -2.27. The number of rotatable bonds is 5. The Morgan fingerprint density at radius 3 is 2.23 bits per heavy atom. The van der Waals surface area contributed by atoms with Gasteiger partial charge in [0.05, 0.1) is 5.41 Å². The summed E-state index contributed by atoms with van der Waals surface area (Å²) in [6.45, 7) is 9.31. The number of carboxylic acids is 1. The van der Waals surface area contributed by atoms with Crippen molar-refractivity contribution in [1.29, 1.82) is 0 Å². The van der Waals surface area contributed by atoms with Crippen LogP contribution in [0.2, 0.25) is 0 Å². The largest absolute Gasteiger partial charge is 0.481 e. The van der Waals surface area contributed by atoms with Gasteiger partial charge in [-0.3, -0.25) is 4.79 Å². The average Bonchev–Trinajstić information content (AvgIpc) is 1.82. The number of carbonyl (C=O) groups is 1. The lowest BCUT2D eigenvalue weighted by Crippen LogP contribution is -2.38. The molecule has 0 aromatic heterocycles. The lowest BCUT2D eigenvalue weighted by molar-refractivity contribution is -0.147. The Kier molecular flexibility index (Phi) is 4.40. The highest BCUT2D eigenvalue weighted by atomic mass is 16.4. The maximum Gasteiger partial charge on any atom is 0.310 e.